The number of carbonyl (C=O) groups is 3. The number of allylic oxidation sites excluding steroid dienone is 9. The molecule has 0 heterocycles. The largest absolute Gasteiger partial charge is 0.481 e. The molecule has 0 aromatic carbocycles. The van der Waals surface area contributed by atoms with E-state index >= 15 is 0 Å². The lowest BCUT2D eigenvalue weighted by molar-refractivity contribution is -0.157. The highest BCUT2D eigenvalue weighted by atomic mass is 16.5. The molecule has 0 spiro atoms. The standard InChI is InChI=1S/C24H32O5/c1-7-16(2)9-8-10-17(3)11-12-19-18(4)23(28)20(15-24(19,5)6)29-22(27)14-13-21(25)26/h7-12,20H,13-15H2,1-6H3,(H,25,26)/b9-8+,12-11+,16-7+,17-10+. The Morgan fingerprint density at radius 3 is 2.41 bits per heavy atom. The van der Waals surface area contributed by atoms with Crippen LogP contribution in [-0.4, -0.2) is 28.9 Å². The Labute approximate surface area is 173 Å². The first-order chi connectivity index (χ1) is 13.5. The van der Waals surface area contributed by atoms with E-state index in [0.29, 0.717) is 12.0 Å². The van der Waals surface area contributed by atoms with Gasteiger partial charge in [-0.15, -0.1) is 0 Å². The lowest BCUT2D eigenvalue weighted by atomic mass is 9.71. The maximum atomic E-state index is 12.7. The monoisotopic (exact) mass is 400 g/mol. The van der Waals surface area contributed by atoms with Crippen molar-refractivity contribution in [1.82, 2.24) is 0 Å². The zero-order valence-corrected chi connectivity index (χ0v) is 18.2. The van der Waals surface area contributed by atoms with Crippen LogP contribution < -0.4 is 0 Å². The first kappa shape index (κ1) is 24.3. The molecule has 29 heavy (non-hydrogen) atoms. The number of hydrogen-bond acceptors (Lipinski definition) is 4. The average molecular weight is 401 g/mol. The molecule has 0 amide bonds. The molecule has 5 nitrogen and oxygen atoms in total. The summed E-state index contributed by atoms with van der Waals surface area (Å²) in [5.74, 6) is -1.95. The number of aliphatic carboxylic acids is 1. The molecule has 1 aliphatic carbocycles. The van der Waals surface area contributed by atoms with Gasteiger partial charge in [-0.05, 0) is 44.3 Å². The third-order valence-electron chi connectivity index (χ3n) is 4.99. The minimum Gasteiger partial charge on any atom is -0.481 e. The van der Waals surface area contributed by atoms with Gasteiger partial charge >= 0.3 is 11.9 Å². The van der Waals surface area contributed by atoms with Gasteiger partial charge < -0.3 is 9.84 Å². The summed E-state index contributed by atoms with van der Waals surface area (Å²) in [6.07, 6.45) is 10.9. The topological polar surface area (TPSA) is 80.7 Å². The van der Waals surface area contributed by atoms with Crippen molar-refractivity contribution in [3.63, 3.8) is 0 Å². The molecule has 0 radical (unpaired) electrons. The van der Waals surface area contributed by atoms with Crippen molar-refractivity contribution in [2.75, 3.05) is 0 Å². The Hall–Kier alpha value is -2.69. The highest BCUT2D eigenvalue weighted by molar-refractivity contribution is 6.01. The fourth-order valence-corrected chi connectivity index (χ4v) is 3.14. The Morgan fingerprint density at radius 1 is 1.17 bits per heavy atom. The Balaban J connectivity index is 2.96. The van der Waals surface area contributed by atoms with Crippen LogP contribution in [0.4, 0.5) is 0 Å². The van der Waals surface area contributed by atoms with E-state index in [-0.39, 0.29) is 24.0 Å². The summed E-state index contributed by atoms with van der Waals surface area (Å²) in [4.78, 5) is 35.2. The maximum absolute atomic E-state index is 12.7. The molecule has 1 N–H and O–H groups in total. The molecule has 158 valence electrons. The lowest BCUT2D eigenvalue weighted by Crippen LogP contribution is -2.39. The number of rotatable bonds is 8. The van der Waals surface area contributed by atoms with Crippen molar-refractivity contribution in [1.29, 1.82) is 0 Å². The molecule has 1 rings (SSSR count). The van der Waals surface area contributed by atoms with Crippen LogP contribution in [0.1, 0.15) is 60.8 Å². The van der Waals surface area contributed by atoms with Gasteiger partial charge in [-0.1, -0.05) is 61.4 Å². The Morgan fingerprint density at radius 2 is 1.83 bits per heavy atom. The quantitative estimate of drug-likeness (QED) is 0.453. The van der Waals surface area contributed by atoms with Crippen LogP contribution in [0.15, 0.2) is 58.7 Å². The Bertz CT molecular complexity index is 803. The van der Waals surface area contributed by atoms with Crippen LogP contribution in [0.3, 0.4) is 0 Å². The molecular formula is C24H32O5. The zero-order chi connectivity index (χ0) is 22.2. The summed E-state index contributed by atoms with van der Waals surface area (Å²) in [6, 6.07) is 0. The van der Waals surface area contributed by atoms with E-state index in [1.54, 1.807) is 6.92 Å². The molecule has 0 saturated carbocycles. The molecule has 0 aromatic rings. The van der Waals surface area contributed by atoms with Gasteiger partial charge in [0, 0.05) is 6.42 Å². The SMILES string of the molecule is C/C=C(C)/C=C/C=C(C)/C=C/C1=C(C)C(=O)C(OC(=O)CCC(=O)O)CC1(C)C. The predicted octanol–water partition coefficient (Wildman–Crippen LogP) is 5.10. The second-order valence-corrected chi connectivity index (χ2v) is 8.00. The van der Waals surface area contributed by atoms with Crippen molar-refractivity contribution in [2.24, 2.45) is 5.41 Å². The summed E-state index contributed by atoms with van der Waals surface area (Å²) in [5, 5.41) is 8.68. The predicted molar refractivity (Wildman–Crippen MR) is 114 cm³/mol. The van der Waals surface area contributed by atoms with E-state index in [1.165, 1.54) is 5.57 Å². The van der Waals surface area contributed by atoms with Gasteiger partial charge in [0.15, 0.2) is 11.9 Å². The highest BCUT2D eigenvalue weighted by Gasteiger charge is 2.39. The van der Waals surface area contributed by atoms with Gasteiger partial charge in [-0.25, -0.2) is 0 Å². The summed E-state index contributed by atoms with van der Waals surface area (Å²) < 4.78 is 5.28. The van der Waals surface area contributed by atoms with Crippen molar-refractivity contribution in [2.45, 2.75) is 66.9 Å². The van der Waals surface area contributed by atoms with Gasteiger partial charge in [-0.3, -0.25) is 14.4 Å². The molecule has 0 aliphatic heterocycles. The molecular weight excluding hydrogens is 368 g/mol. The van der Waals surface area contributed by atoms with Crippen LogP contribution in [0, 0.1) is 5.41 Å². The van der Waals surface area contributed by atoms with E-state index in [1.807, 2.05) is 71.1 Å². The van der Waals surface area contributed by atoms with E-state index < -0.39 is 18.0 Å². The van der Waals surface area contributed by atoms with Crippen LogP contribution in [-0.2, 0) is 19.1 Å². The number of esters is 1. The second kappa shape index (κ2) is 10.7. The summed E-state index contributed by atoms with van der Waals surface area (Å²) >= 11 is 0. The van der Waals surface area contributed by atoms with Crippen LogP contribution >= 0.6 is 0 Å². The fourth-order valence-electron chi connectivity index (χ4n) is 3.14. The number of carboxylic acids is 1. The van der Waals surface area contributed by atoms with Crippen molar-refractivity contribution in [3.8, 4) is 0 Å². The molecule has 0 fully saturated rings. The molecule has 1 unspecified atom stereocenters. The molecule has 0 aromatic heterocycles. The zero-order valence-electron chi connectivity index (χ0n) is 18.2. The van der Waals surface area contributed by atoms with Gasteiger partial charge in [0.1, 0.15) is 0 Å². The molecule has 1 aliphatic rings. The fraction of sp³-hybridized carbons (Fsp3) is 0.458. The minimum atomic E-state index is -1.07. The van der Waals surface area contributed by atoms with Crippen molar-refractivity contribution >= 4 is 17.7 Å². The number of Topliss-reactive ketones (excluding diaryl/α,β-unsaturated/α-hetero) is 1. The first-order valence-corrected chi connectivity index (χ1v) is 9.80. The molecule has 1 atom stereocenters. The van der Waals surface area contributed by atoms with E-state index in [9.17, 15) is 14.4 Å². The van der Waals surface area contributed by atoms with Crippen LogP contribution in [0.2, 0.25) is 0 Å². The number of carboxylic acid groups (broad SMARTS) is 1. The van der Waals surface area contributed by atoms with Gasteiger partial charge in [-0.2, -0.15) is 0 Å². The van der Waals surface area contributed by atoms with Crippen molar-refractivity contribution < 1.29 is 24.2 Å². The van der Waals surface area contributed by atoms with E-state index in [0.717, 1.165) is 11.1 Å². The molecule has 0 saturated heterocycles. The maximum Gasteiger partial charge on any atom is 0.307 e. The van der Waals surface area contributed by atoms with Gasteiger partial charge in [0.2, 0.25) is 0 Å². The number of hydrogen-bond donors (Lipinski definition) is 1. The van der Waals surface area contributed by atoms with E-state index in [2.05, 4.69) is 0 Å². The second-order valence-electron chi connectivity index (χ2n) is 8.00. The third-order valence-corrected chi connectivity index (χ3v) is 4.99. The summed E-state index contributed by atoms with van der Waals surface area (Å²) in [5.41, 5.74) is 3.36. The third kappa shape index (κ3) is 7.68. The van der Waals surface area contributed by atoms with Gasteiger partial charge in [0.05, 0.1) is 12.8 Å². The smallest absolute Gasteiger partial charge is 0.307 e. The lowest BCUT2D eigenvalue weighted by Gasteiger charge is -2.36. The average Bonchev–Trinajstić information content (AvgIpc) is 2.63. The number of ketones is 1. The minimum absolute atomic E-state index is 0.224. The molecule has 0 bridgehead atoms. The number of ether oxygens (including phenoxy) is 1. The summed E-state index contributed by atoms with van der Waals surface area (Å²) in [7, 11) is 0. The Kier molecular flexibility index (Phi) is 9.02. The first-order valence-electron chi connectivity index (χ1n) is 9.80. The normalized spacial score (nSPS) is 20.6. The summed E-state index contributed by atoms with van der Waals surface area (Å²) in [6.45, 7) is 11.8. The molecule has 5 heteroatoms. The van der Waals surface area contributed by atoms with Crippen LogP contribution in [0.5, 0.6) is 0 Å². The van der Waals surface area contributed by atoms with Crippen LogP contribution in [0.25, 0.3) is 0 Å². The number of carbonyl (C=O) groups excluding carboxylic acids is 2. The van der Waals surface area contributed by atoms with E-state index in [4.69, 9.17) is 9.84 Å². The van der Waals surface area contributed by atoms with Gasteiger partial charge in [0.25, 0.3) is 0 Å². The highest BCUT2D eigenvalue weighted by Crippen LogP contribution is 2.40. The van der Waals surface area contributed by atoms with Crippen molar-refractivity contribution in [3.05, 3.63) is 58.7 Å².